The first kappa shape index (κ1) is 23.1. The van der Waals surface area contributed by atoms with Gasteiger partial charge in [-0.15, -0.1) is 0 Å². The summed E-state index contributed by atoms with van der Waals surface area (Å²) >= 11 is 0. The molecule has 210 valence electrons. The molecule has 0 fully saturated rings. The van der Waals surface area contributed by atoms with Gasteiger partial charge >= 0.3 is 0 Å². The van der Waals surface area contributed by atoms with Crippen LogP contribution in [-0.4, -0.2) is 32.9 Å². The lowest BCUT2D eigenvalue weighted by atomic mass is 10.2. The van der Waals surface area contributed by atoms with Crippen LogP contribution in [-0.2, 0) is 0 Å². The summed E-state index contributed by atoms with van der Waals surface area (Å²) in [6.45, 7) is 0. The van der Waals surface area contributed by atoms with Crippen LogP contribution in [0.25, 0.3) is 89.1 Å². The third-order valence-electron chi connectivity index (χ3n) is 9.04. The lowest BCUT2D eigenvalue weighted by Crippen LogP contribution is -2.03. The molecular formula is C37H21N7O. The first-order chi connectivity index (χ1) is 22.3. The summed E-state index contributed by atoms with van der Waals surface area (Å²) < 4.78 is 15.4. The van der Waals surface area contributed by atoms with Gasteiger partial charge in [-0.3, -0.25) is 17.9 Å². The highest BCUT2D eigenvalue weighted by Gasteiger charge is 2.26. The highest BCUT2D eigenvalue weighted by atomic mass is 16.3. The second-order valence-electron chi connectivity index (χ2n) is 11.4. The average molecular weight is 580 g/mol. The Bertz CT molecular complexity index is 3000. The van der Waals surface area contributed by atoms with Gasteiger partial charge in [0.25, 0.3) is 0 Å². The first-order valence-corrected chi connectivity index (χ1v) is 14.9. The van der Waals surface area contributed by atoms with E-state index >= 15 is 0 Å². The van der Waals surface area contributed by atoms with Crippen molar-refractivity contribution in [1.29, 1.82) is 0 Å². The van der Waals surface area contributed by atoms with Crippen LogP contribution in [0.2, 0.25) is 0 Å². The fourth-order valence-corrected chi connectivity index (χ4v) is 7.20. The van der Waals surface area contributed by atoms with Crippen LogP contribution >= 0.6 is 0 Å². The van der Waals surface area contributed by atoms with E-state index in [1.807, 2.05) is 42.6 Å². The lowest BCUT2D eigenvalue weighted by molar-refractivity contribution is 0.663. The summed E-state index contributed by atoms with van der Waals surface area (Å²) in [5, 5.41) is 2.07. The highest BCUT2D eigenvalue weighted by molar-refractivity contribution is 6.08. The monoisotopic (exact) mass is 579 g/mol. The second-order valence-corrected chi connectivity index (χ2v) is 11.4. The summed E-state index contributed by atoms with van der Waals surface area (Å²) in [5.41, 5.74) is 10.6. The number of pyridine rings is 1. The van der Waals surface area contributed by atoms with Crippen LogP contribution in [0.4, 0.5) is 0 Å². The van der Waals surface area contributed by atoms with Crippen LogP contribution in [0.5, 0.6) is 0 Å². The molecule has 0 saturated carbocycles. The van der Waals surface area contributed by atoms with Crippen LogP contribution in [0.1, 0.15) is 0 Å². The standard InChI is InChI=1S/C37H21N7O/c1-8-19-32-22(10-1)23-20-21-38-35(34(23)45-32)44-33-30(42-27-14-5-3-12-25(27)40-37(42)44)17-9-18-31(33)43-29-16-7-6-15-28(29)41-26-13-4-2-11-24(26)39-36(41)43/h1-21H. The summed E-state index contributed by atoms with van der Waals surface area (Å²) in [7, 11) is 0. The Morgan fingerprint density at radius 1 is 0.489 bits per heavy atom. The van der Waals surface area contributed by atoms with E-state index in [1.54, 1.807) is 0 Å². The molecule has 11 rings (SSSR count). The number of fused-ring (bicyclic) bond motifs is 13. The Labute approximate surface area is 253 Å². The second kappa shape index (κ2) is 8.15. The third kappa shape index (κ3) is 2.84. The quantitative estimate of drug-likeness (QED) is 0.206. The molecule has 0 aliphatic carbocycles. The van der Waals surface area contributed by atoms with E-state index in [4.69, 9.17) is 19.4 Å². The Balaban J connectivity index is 1.37. The molecule has 5 aromatic carbocycles. The van der Waals surface area contributed by atoms with Crippen molar-refractivity contribution in [3.63, 3.8) is 0 Å². The fourth-order valence-electron chi connectivity index (χ4n) is 7.20. The van der Waals surface area contributed by atoms with E-state index < -0.39 is 0 Å². The lowest BCUT2D eigenvalue weighted by Gasteiger charge is -2.11. The maximum absolute atomic E-state index is 6.55. The van der Waals surface area contributed by atoms with Crippen LogP contribution in [0.3, 0.4) is 0 Å². The van der Waals surface area contributed by atoms with Crippen molar-refractivity contribution < 1.29 is 4.42 Å². The SMILES string of the molecule is c1ccc2c(c1)nc1n(-c3cccc4c3n(-c3nccc5c3oc3ccccc35)c3nc5ccccc5n43)c3ccccc3n21. The van der Waals surface area contributed by atoms with Crippen molar-refractivity contribution in [3.05, 3.63) is 128 Å². The Morgan fingerprint density at radius 2 is 1.11 bits per heavy atom. The van der Waals surface area contributed by atoms with E-state index in [9.17, 15) is 0 Å². The van der Waals surface area contributed by atoms with Gasteiger partial charge in [-0.05, 0) is 60.7 Å². The number of imidazole rings is 4. The Morgan fingerprint density at radius 3 is 1.91 bits per heavy atom. The number of para-hydroxylation sites is 8. The van der Waals surface area contributed by atoms with Crippen molar-refractivity contribution in [2.75, 3.05) is 0 Å². The van der Waals surface area contributed by atoms with Gasteiger partial charge in [-0.25, -0.2) is 15.0 Å². The minimum Gasteiger partial charge on any atom is -0.452 e. The number of furan rings is 1. The Hall–Kier alpha value is -6.41. The van der Waals surface area contributed by atoms with Gasteiger partial charge in [0.05, 0.1) is 49.8 Å². The molecule has 0 unspecified atom stereocenters. The number of nitrogens with zero attached hydrogens (tertiary/aromatic N) is 7. The third-order valence-corrected chi connectivity index (χ3v) is 9.04. The van der Waals surface area contributed by atoms with Gasteiger partial charge in [0.2, 0.25) is 11.6 Å². The molecule has 8 heteroatoms. The normalized spacial score (nSPS) is 12.4. The summed E-state index contributed by atoms with van der Waals surface area (Å²) in [6.07, 6.45) is 1.86. The zero-order chi connectivity index (χ0) is 29.2. The number of hydrogen-bond acceptors (Lipinski definition) is 4. The van der Waals surface area contributed by atoms with E-state index in [0.29, 0.717) is 11.4 Å². The summed E-state index contributed by atoms with van der Waals surface area (Å²) in [6, 6.07) is 41.6. The van der Waals surface area contributed by atoms with E-state index in [1.165, 1.54) is 0 Å². The number of benzene rings is 5. The van der Waals surface area contributed by atoms with E-state index in [-0.39, 0.29) is 0 Å². The summed E-state index contributed by atoms with van der Waals surface area (Å²) in [5.74, 6) is 2.29. The largest absolute Gasteiger partial charge is 0.452 e. The maximum atomic E-state index is 6.55. The molecule has 6 heterocycles. The molecule has 0 aliphatic rings. The van der Waals surface area contributed by atoms with Crippen LogP contribution < -0.4 is 0 Å². The number of hydrogen-bond donors (Lipinski definition) is 0. The molecule has 8 nitrogen and oxygen atoms in total. The smallest absolute Gasteiger partial charge is 0.222 e. The molecule has 11 aromatic rings. The molecule has 0 saturated heterocycles. The van der Waals surface area contributed by atoms with Crippen molar-refractivity contribution in [1.82, 2.24) is 32.9 Å². The van der Waals surface area contributed by atoms with Crippen molar-refractivity contribution >= 4 is 77.6 Å². The summed E-state index contributed by atoms with van der Waals surface area (Å²) in [4.78, 5) is 15.3. The molecule has 6 aromatic heterocycles. The zero-order valence-electron chi connectivity index (χ0n) is 23.7. The van der Waals surface area contributed by atoms with Gasteiger partial charge in [0, 0.05) is 17.0 Å². The number of rotatable bonds is 2. The fraction of sp³-hybridized carbons (Fsp3) is 0. The minimum atomic E-state index is 0.687. The molecule has 0 atom stereocenters. The Kier molecular flexibility index (Phi) is 4.18. The molecule has 45 heavy (non-hydrogen) atoms. The molecule has 0 N–H and O–H groups in total. The van der Waals surface area contributed by atoms with Crippen molar-refractivity contribution in [2.24, 2.45) is 0 Å². The van der Waals surface area contributed by atoms with Crippen LogP contribution in [0, 0.1) is 0 Å². The molecule has 0 amide bonds. The van der Waals surface area contributed by atoms with E-state index in [2.05, 4.69) is 103 Å². The van der Waals surface area contributed by atoms with Gasteiger partial charge in [-0.1, -0.05) is 60.7 Å². The predicted molar refractivity (Wildman–Crippen MR) is 178 cm³/mol. The zero-order valence-corrected chi connectivity index (χ0v) is 23.7. The average Bonchev–Trinajstić information content (AvgIpc) is 3.88. The highest BCUT2D eigenvalue weighted by Crippen LogP contribution is 2.39. The molecular weight excluding hydrogens is 558 g/mol. The topological polar surface area (TPSA) is 70.5 Å². The van der Waals surface area contributed by atoms with Crippen molar-refractivity contribution in [2.45, 2.75) is 0 Å². The molecule has 0 aliphatic heterocycles. The maximum Gasteiger partial charge on any atom is 0.222 e. The van der Waals surface area contributed by atoms with Crippen molar-refractivity contribution in [3.8, 4) is 11.5 Å². The predicted octanol–water partition coefficient (Wildman–Crippen LogP) is 8.47. The first-order valence-electron chi connectivity index (χ1n) is 14.9. The molecule has 0 radical (unpaired) electrons. The molecule has 0 bridgehead atoms. The molecule has 0 spiro atoms. The number of aromatic nitrogens is 7. The minimum absolute atomic E-state index is 0.687. The van der Waals surface area contributed by atoms with Gasteiger partial charge < -0.3 is 4.42 Å². The van der Waals surface area contributed by atoms with Gasteiger partial charge in [-0.2, -0.15) is 0 Å². The van der Waals surface area contributed by atoms with Gasteiger partial charge in [0.1, 0.15) is 5.58 Å². The van der Waals surface area contributed by atoms with Crippen LogP contribution in [0.15, 0.2) is 132 Å². The van der Waals surface area contributed by atoms with E-state index in [0.717, 1.165) is 77.7 Å². The van der Waals surface area contributed by atoms with Gasteiger partial charge in [0.15, 0.2) is 11.4 Å².